The van der Waals surface area contributed by atoms with Crippen molar-refractivity contribution in [1.29, 1.82) is 0 Å². The maximum Gasteiger partial charge on any atom is 0.252 e. The van der Waals surface area contributed by atoms with E-state index in [2.05, 4.69) is 5.32 Å². The summed E-state index contributed by atoms with van der Waals surface area (Å²) in [4.78, 5) is 37.6. The minimum absolute atomic E-state index is 0.145. The first-order chi connectivity index (χ1) is 12.6. The van der Waals surface area contributed by atoms with Crippen molar-refractivity contribution in [2.24, 2.45) is 0 Å². The molecule has 1 heterocycles. The summed E-state index contributed by atoms with van der Waals surface area (Å²) < 4.78 is 15.2. The van der Waals surface area contributed by atoms with Crippen molar-refractivity contribution in [2.75, 3.05) is 20.6 Å². The molecule has 27 heavy (non-hydrogen) atoms. The number of benzene rings is 1. The van der Waals surface area contributed by atoms with Gasteiger partial charge < -0.3 is 14.8 Å². The van der Waals surface area contributed by atoms with Crippen molar-refractivity contribution >= 4 is 11.8 Å². The van der Waals surface area contributed by atoms with E-state index < -0.39 is 11.3 Å². The van der Waals surface area contributed by atoms with E-state index in [1.54, 1.807) is 32.3 Å². The van der Waals surface area contributed by atoms with Crippen LogP contribution >= 0.6 is 0 Å². The number of carbonyl (C=O) groups is 2. The Balaban J connectivity index is 2.13. The van der Waals surface area contributed by atoms with Crippen LogP contribution in [0, 0.1) is 5.82 Å². The maximum atomic E-state index is 14.0. The van der Waals surface area contributed by atoms with Gasteiger partial charge in [-0.15, -0.1) is 0 Å². The van der Waals surface area contributed by atoms with Crippen LogP contribution in [0.2, 0.25) is 0 Å². The molecule has 0 saturated carbocycles. The molecule has 1 N–H and O–H groups in total. The molecule has 0 aliphatic heterocycles. The highest BCUT2D eigenvalue weighted by Gasteiger charge is 2.25. The van der Waals surface area contributed by atoms with E-state index in [1.807, 2.05) is 13.8 Å². The number of nitrogens with zero attached hydrogens (tertiary/aromatic N) is 2. The Morgan fingerprint density at radius 1 is 1.15 bits per heavy atom. The summed E-state index contributed by atoms with van der Waals surface area (Å²) in [7, 11) is 3.18. The monoisotopic (exact) mass is 373 g/mol. The van der Waals surface area contributed by atoms with Crippen LogP contribution in [0.1, 0.15) is 29.8 Å². The molecule has 0 fully saturated rings. The molecule has 0 unspecified atom stereocenters. The zero-order chi connectivity index (χ0) is 20.2. The molecule has 0 bridgehead atoms. The SMILES string of the molecule is CN(C)C(=O)Cn1cc(C(=O)NCC(C)(C)c2ccccc2F)ccc1=O. The predicted octanol–water partition coefficient (Wildman–Crippen LogP) is 1.78. The fourth-order valence-corrected chi connectivity index (χ4v) is 2.58. The van der Waals surface area contributed by atoms with Crippen molar-refractivity contribution in [2.45, 2.75) is 25.8 Å². The third-order valence-corrected chi connectivity index (χ3v) is 4.34. The van der Waals surface area contributed by atoms with E-state index in [4.69, 9.17) is 0 Å². The van der Waals surface area contributed by atoms with E-state index in [0.29, 0.717) is 5.56 Å². The third-order valence-electron chi connectivity index (χ3n) is 4.34. The van der Waals surface area contributed by atoms with Crippen molar-refractivity contribution in [3.05, 3.63) is 69.9 Å². The second-order valence-corrected chi connectivity index (χ2v) is 7.22. The van der Waals surface area contributed by atoms with Gasteiger partial charge in [0, 0.05) is 38.3 Å². The Morgan fingerprint density at radius 3 is 2.44 bits per heavy atom. The highest BCUT2D eigenvalue weighted by molar-refractivity contribution is 5.94. The average Bonchev–Trinajstić information content (AvgIpc) is 2.61. The average molecular weight is 373 g/mol. The molecule has 0 aliphatic carbocycles. The number of nitrogens with one attached hydrogen (secondary N) is 1. The van der Waals surface area contributed by atoms with Gasteiger partial charge in [0.1, 0.15) is 12.4 Å². The number of pyridine rings is 1. The molecule has 7 heteroatoms. The molecule has 144 valence electrons. The highest BCUT2D eigenvalue weighted by atomic mass is 19.1. The van der Waals surface area contributed by atoms with Crippen LogP contribution in [-0.4, -0.2) is 41.9 Å². The van der Waals surface area contributed by atoms with Gasteiger partial charge in [-0.05, 0) is 17.7 Å². The van der Waals surface area contributed by atoms with Crippen LogP contribution in [0.3, 0.4) is 0 Å². The molecule has 0 atom stereocenters. The molecule has 0 spiro atoms. The van der Waals surface area contributed by atoms with Crippen LogP contribution in [0.25, 0.3) is 0 Å². The number of likely N-dealkylation sites (N-methyl/N-ethyl adjacent to an activating group) is 1. The van der Waals surface area contributed by atoms with Gasteiger partial charge in [-0.3, -0.25) is 14.4 Å². The Labute approximate surface area is 157 Å². The summed E-state index contributed by atoms with van der Waals surface area (Å²) in [5, 5.41) is 2.77. The number of aromatic nitrogens is 1. The molecule has 2 amide bonds. The van der Waals surface area contributed by atoms with E-state index >= 15 is 0 Å². The number of hydrogen-bond acceptors (Lipinski definition) is 3. The van der Waals surface area contributed by atoms with E-state index in [-0.39, 0.29) is 35.9 Å². The first-order valence-corrected chi connectivity index (χ1v) is 8.55. The molecule has 6 nitrogen and oxygen atoms in total. The van der Waals surface area contributed by atoms with Crippen LogP contribution in [0.5, 0.6) is 0 Å². The van der Waals surface area contributed by atoms with Gasteiger partial charge in [0.25, 0.3) is 11.5 Å². The number of hydrogen-bond donors (Lipinski definition) is 1. The zero-order valence-corrected chi connectivity index (χ0v) is 16.0. The van der Waals surface area contributed by atoms with Crippen LogP contribution < -0.4 is 10.9 Å². The van der Waals surface area contributed by atoms with Gasteiger partial charge in [0.05, 0.1) is 5.56 Å². The van der Waals surface area contributed by atoms with Crippen molar-refractivity contribution < 1.29 is 14.0 Å². The molecular weight excluding hydrogens is 349 g/mol. The summed E-state index contributed by atoms with van der Waals surface area (Å²) in [6, 6.07) is 9.10. The van der Waals surface area contributed by atoms with Crippen LogP contribution in [-0.2, 0) is 16.8 Å². The summed E-state index contributed by atoms with van der Waals surface area (Å²) in [6.45, 7) is 3.74. The Bertz CT molecular complexity index is 903. The molecule has 0 aliphatic rings. The second kappa shape index (κ2) is 8.16. The summed E-state index contributed by atoms with van der Waals surface area (Å²) in [6.07, 6.45) is 1.36. The Morgan fingerprint density at radius 2 is 1.81 bits per heavy atom. The lowest BCUT2D eigenvalue weighted by Gasteiger charge is -2.26. The molecule has 0 radical (unpaired) electrons. The molecule has 2 rings (SSSR count). The third kappa shape index (κ3) is 5.03. The Kier molecular flexibility index (Phi) is 6.15. The van der Waals surface area contributed by atoms with Crippen LogP contribution in [0.4, 0.5) is 4.39 Å². The van der Waals surface area contributed by atoms with Gasteiger partial charge in [0.15, 0.2) is 0 Å². The van der Waals surface area contributed by atoms with Crippen molar-refractivity contribution in [3.8, 4) is 0 Å². The molecule has 2 aromatic rings. The molecule has 0 saturated heterocycles. The lowest BCUT2D eigenvalue weighted by atomic mass is 9.84. The largest absolute Gasteiger partial charge is 0.351 e. The lowest BCUT2D eigenvalue weighted by molar-refractivity contribution is -0.129. The number of carbonyl (C=O) groups excluding carboxylic acids is 2. The smallest absolute Gasteiger partial charge is 0.252 e. The summed E-state index contributed by atoms with van der Waals surface area (Å²) in [5.41, 5.74) is -0.221. The number of halogens is 1. The number of rotatable bonds is 6. The zero-order valence-electron chi connectivity index (χ0n) is 16.0. The summed E-state index contributed by atoms with van der Waals surface area (Å²) >= 11 is 0. The summed E-state index contributed by atoms with van der Waals surface area (Å²) in [5.74, 6) is -0.978. The highest BCUT2D eigenvalue weighted by Crippen LogP contribution is 2.24. The van der Waals surface area contributed by atoms with E-state index in [0.717, 1.165) is 0 Å². The topological polar surface area (TPSA) is 71.4 Å². The van der Waals surface area contributed by atoms with E-state index in [9.17, 15) is 18.8 Å². The standard InChI is InChI=1S/C20H24FN3O3/c1-20(2,15-7-5-6-8-16(15)21)13-22-19(27)14-9-10-17(25)24(11-14)12-18(26)23(3)4/h5-11H,12-13H2,1-4H3,(H,22,27). The van der Waals surface area contributed by atoms with Crippen molar-refractivity contribution in [3.63, 3.8) is 0 Å². The van der Waals surface area contributed by atoms with Gasteiger partial charge in [-0.25, -0.2) is 4.39 Å². The maximum absolute atomic E-state index is 14.0. The second-order valence-electron chi connectivity index (χ2n) is 7.22. The minimum atomic E-state index is -0.615. The lowest BCUT2D eigenvalue weighted by Crippen LogP contribution is -2.38. The molecule has 1 aromatic heterocycles. The van der Waals surface area contributed by atoms with Crippen LogP contribution in [0.15, 0.2) is 47.4 Å². The minimum Gasteiger partial charge on any atom is -0.351 e. The van der Waals surface area contributed by atoms with Gasteiger partial charge >= 0.3 is 0 Å². The van der Waals surface area contributed by atoms with Gasteiger partial charge in [0.2, 0.25) is 5.91 Å². The molecule has 1 aromatic carbocycles. The van der Waals surface area contributed by atoms with E-state index in [1.165, 1.54) is 33.9 Å². The van der Waals surface area contributed by atoms with Gasteiger partial charge in [-0.2, -0.15) is 0 Å². The molecular formula is C20H24FN3O3. The quantitative estimate of drug-likeness (QED) is 0.839. The normalized spacial score (nSPS) is 11.1. The van der Waals surface area contributed by atoms with Crippen molar-refractivity contribution in [1.82, 2.24) is 14.8 Å². The fraction of sp³-hybridized carbons (Fsp3) is 0.350. The van der Waals surface area contributed by atoms with Gasteiger partial charge in [-0.1, -0.05) is 32.0 Å². The predicted molar refractivity (Wildman–Crippen MR) is 101 cm³/mol. The number of amides is 2. The fourth-order valence-electron chi connectivity index (χ4n) is 2.58. The first kappa shape index (κ1) is 20.4. The first-order valence-electron chi connectivity index (χ1n) is 8.55. The Hall–Kier alpha value is -2.96.